The van der Waals surface area contributed by atoms with E-state index < -0.39 is 10.8 Å². The Morgan fingerprint density at radius 1 is 1.36 bits per heavy atom. The minimum Gasteiger partial charge on any atom is -0.305 e. The van der Waals surface area contributed by atoms with Gasteiger partial charge < -0.3 is 4.90 Å². The summed E-state index contributed by atoms with van der Waals surface area (Å²) in [5, 5.41) is 15.2. The molecule has 0 unspecified atom stereocenters. The fourth-order valence-corrected chi connectivity index (χ4v) is 4.26. The number of hydrogen-bond donors (Lipinski definition) is 0. The number of carbonyl (C=O) groups excluding carboxylic acids is 1. The first-order valence-corrected chi connectivity index (χ1v) is 8.22. The first-order valence-electron chi connectivity index (χ1n) is 8.22. The molecule has 0 saturated heterocycles. The number of benzene rings is 1. The SMILES string of the molecule is Cn1cc([N+](=O)[O-])c(C(=O)N2CC3(CCCC3)c3c(F)cccc32)n1. The van der Waals surface area contributed by atoms with Crippen LogP contribution in [-0.4, -0.2) is 27.2 Å². The summed E-state index contributed by atoms with van der Waals surface area (Å²) in [7, 11) is 1.53. The Kier molecular flexibility index (Phi) is 3.38. The van der Waals surface area contributed by atoms with E-state index in [0.717, 1.165) is 25.7 Å². The van der Waals surface area contributed by atoms with Crippen molar-refractivity contribution in [3.63, 3.8) is 0 Å². The van der Waals surface area contributed by atoms with Crippen LogP contribution in [-0.2, 0) is 12.5 Å². The Morgan fingerprint density at radius 3 is 2.76 bits per heavy atom. The van der Waals surface area contributed by atoms with E-state index in [1.165, 1.54) is 28.9 Å². The lowest BCUT2D eigenvalue weighted by Crippen LogP contribution is -2.36. The predicted molar refractivity (Wildman–Crippen MR) is 88.1 cm³/mol. The molecule has 1 aromatic heterocycles. The van der Waals surface area contributed by atoms with E-state index in [2.05, 4.69) is 5.10 Å². The van der Waals surface area contributed by atoms with E-state index in [4.69, 9.17) is 0 Å². The molecular formula is C17H17FN4O3. The minimum atomic E-state index is -0.617. The average molecular weight is 344 g/mol. The third-order valence-corrected chi connectivity index (χ3v) is 5.29. The predicted octanol–water partition coefficient (Wildman–Crippen LogP) is 2.94. The van der Waals surface area contributed by atoms with Crippen molar-refractivity contribution in [2.24, 2.45) is 7.05 Å². The molecule has 1 saturated carbocycles. The molecule has 25 heavy (non-hydrogen) atoms. The summed E-state index contributed by atoms with van der Waals surface area (Å²) in [5.74, 6) is -0.867. The van der Waals surface area contributed by atoms with E-state index in [9.17, 15) is 19.3 Å². The molecule has 0 bridgehead atoms. The van der Waals surface area contributed by atoms with Crippen molar-refractivity contribution in [2.75, 3.05) is 11.4 Å². The van der Waals surface area contributed by atoms with E-state index in [-0.39, 0.29) is 22.6 Å². The maximum absolute atomic E-state index is 14.6. The van der Waals surface area contributed by atoms with Crippen LogP contribution in [0.5, 0.6) is 0 Å². The standard InChI is InChI=1S/C17H17FN4O3/c1-20-9-13(22(24)25)15(19-20)16(23)21-10-17(7-2-3-8-17)14-11(18)5-4-6-12(14)21/h4-6,9H,2-3,7-8,10H2,1H3. The van der Waals surface area contributed by atoms with Gasteiger partial charge in [-0.3, -0.25) is 19.6 Å². The maximum Gasteiger partial charge on any atom is 0.320 e. The van der Waals surface area contributed by atoms with Gasteiger partial charge in [-0.25, -0.2) is 4.39 Å². The van der Waals surface area contributed by atoms with Gasteiger partial charge in [0.1, 0.15) is 12.0 Å². The number of amides is 1. The largest absolute Gasteiger partial charge is 0.320 e. The molecule has 4 rings (SSSR count). The van der Waals surface area contributed by atoms with Crippen LogP contribution in [0.15, 0.2) is 24.4 Å². The third kappa shape index (κ3) is 2.24. The Balaban J connectivity index is 1.82. The number of hydrogen-bond acceptors (Lipinski definition) is 4. The van der Waals surface area contributed by atoms with Crippen LogP contribution in [0.4, 0.5) is 15.8 Å². The number of halogens is 1. The molecule has 0 N–H and O–H groups in total. The Morgan fingerprint density at radius 2 is 2.08 bits per heavy atom. The molecule has 0 atom stereocenters. The number of aryl methyl sites for hydroxylation is 1. The lowest BCUT2D eigenvalue weighted by molar-refractivity contribution is -0.385. The first kappa shape index (κ1) is 15.7. The summed E-state index contributed by atoms with van der Waals surface area (Å²) < 4.78 is 15.8. The summed E-state index contributed by atoms with van der Waals surface area (Å²) in [4.78, 5) is 25.1. The molecule has 8 heteroatoms. The van der Waals surface area contributed by atoms with Crippen molar-refractivity contribution in [1.29, 1.82) is 0 Å². The molecule has 1 amide bonds. The third-order valence-electron chi connectivity index (χ3n) is 5.29. The number of carbonyl (C=O) groups is 1. The van der Waals surface area contributed by atoms with E-state index in [1.54, 1.807) is 12.1 Å². The van der Waals surface area contributed by atoms with Crippen LogP contribution in [0.2, 0.25) is 0 Å². The van der Waals surface area contributed by atoms with Crippen molar-refractivity contribution in [2.45, 2.75) is 31.1 Å². The molecular weight excluding hydrogens is 327 g/mol. The van der Waals surface area contributed by atoms with Crippen molar-refractivity contribution in [1.82, 2.24) is 9.78 Å². The van der Waals surface area contributed by atoms with Gasteiger partial charge in [-0.2, -0.15) is 5.10 Å². The highest BCUT2D eigenvalue weighted by molar-refractivity contribution is 6.08. The number of rotatable bonds is 2. The summed E-state index contributed by atoms with van der Waals surface area (Å²) >= 11 is 0. The zero-order valence-electron chi connectivity index (χ0n) is 13.7. The second-order valence-corrected chi connectivity index (χ2v) is 6.81. The smallest absolute Gasteiger partial charge is 0.305 e. The molecule has 1 fully saturated rings. The quantitative estimate of drug-likeness (QED) is 0.619. The molecule has 2 aromatic rings. The van der Waals surface area contributed by atoms with Crippen molar-refractivity contribution < 1.29 is 14.1 Å². The lowest BCUT2D eigenvalue weighted by atomic mass is 9.80. The number of anilines is 1. The molecule has 7 nitrogen and oxygen atoms in total. The van der Waals surface area contributed by atoms with Gasteiger partial charge in [0, 0.05) is 24.6 Å². The van der Waals surface area contributed by atoms with Crippen molar-refractivity contribution in [3.05, 3.63) is 51.6 Å². The van der Waals surface area contributed by atoms with Crippen LogP contribution in [0.25, 0.3) is 0 Å². The van der Waals surface area contributed by atoms with Crippen LogP contribution in [0, 0.1) is 15.9 Å². The van der Waals surface area contributed by atoms with Crippen molar-refractivity contribution >= 4 is 17.3 Å². The molecule has 1 aliphatic carbocycles. The maximum atomic E-state index is 14.6. The van der Waals surface area contributed by atoms with E-state index in [0.29, 0.717) is 17.8 Å². The highest BCUT2D eigenvalue weighted by atomic mass is 19.1. The van der Waals surface area contributed by atoms with Gasteiger partial charge in [0.15, 0.2) is 0 Å². The van der Waals surface area contributed by atoms with Gasteiger partial charge in [0.2, 0.25) is 5.69 Å². The number of fused-ring (bicyclic) bond motifs is 2. The van der Waals surface area contributed by atoms with E-state index >= 15 is 0 Å². The lowest BCUT2D eigenvalue weighted by Gasteiger charge is -2.24. The Hall–Kier alpha value is -2.77. The molecule has 1 aromatic carbocycles. The summed E-state index contributed by atoms with van der Waals surface area (Å²) in [6.07, 6.45) is 4.81. The van der Waals surface area contributed by atoms with Gasteiger partial charge in [-0.1, -0.05) is 18.9 Å². The van der Waals surface area contributed by atoms with Crippen LogP contribution in [0.1, 0.15) is 41.7 Å². The first-order chi connectivity index (χ1) is 11.9. The van der Waals surface area contributed by atoms with E-state index in [1.807, 2.05) is 0 Å². The van der Waals surface area contributed by atoms with Gasteiger partial charge in [0.05, 0.1) is 10.6 Å². The van der Waals surface area contributed by atoms with Crippen LogP contribution in [0.3, 0.4) is 0 Å². The monoisotopic (exact) mass is 344 g/mol. The Labute approximate surface area is 143 Å². The highest BCUT2D eigenvalue weighted by Gasteiger charge is 2.49. The minimum absolute atomic E-state index is 0.210. The van der Waals surface area contributed by atoms with Gasteiger partial charge in [0.25, 0.3) is 5.91 Å². The average Bonchev–Trinajstić information content (AvgIpc) is 3.26. The van der Waals surface area contributed by atoms with Crippen LogP contribution < -0.4 is 4.90 Å². The topological polar surface area (TPSA) is 81.3 Å². The second-order valence-electron chi connectivity index (χ2n) is 6.81. The normalized spacial score (nSPS) is 17.9. The van der Waals surface area contributed by atoms with Gasteiger partial charge in [-0.05, 0) is 25.0 Å². The second kappa shape index (κ2) is 5.37. The van der Waals surface area contributed by atoms with Gasteiger partial charge in [-0.15, -0.1) is 0 Å². The number of aromatic nitrogens is 2. The summed E-state index contributed by atoms with van der Waals surface area (Å²) in [6, 6.07) is 4.68. The zero-order valence-corrected chi connectivity index (χ0v) is 13.7. The number of nitro groups is 1. The van der Waals surface area contributed by atoms with Gasteiger partial charge >= 0.3 is 5.69 Å². The van der Waals surface area contributed by atoms with Crippen molar-refractivity contribution in [3.8, 4) is 0 Å². The van der Waals surface area contributed by atoms with Crippen LogP contribution >= 0.6 is 0 Å². The molecule has 2 heterocycles. The highest BCUT2D eigenvalue weighted by Crippen LogP contribution is 2.51. The summed E-state index contributed by atoms with van der Waals surface area (Å²) in [5.41, 5.74) is 0.141. The Bertz CT molecular complexity index is 886. The number of nitrogens with zero attached hydrogens (tertiary/aromatic N) is 4. The molecule has 2 aliphatic rings. The molecule has 130 valence electrons. The molecule has 1 spiro atoms. The fourth-order valence-electron chi connectivity index (χ4n) is 4.26. The zero-order chi connectivity index (χ0) is 17.8. The fraction of sp³-hybridized carbons (Fsp3) is 0.412. The molecule has 0 radical (unpaired) electrons. The summed E-state index contributed by atoms with van der Waals surface area (Å²) in [6.45, 7) is 0.343. The molecule has 1 aliphatic heterocycles.